The number of cyclic esters (lactones) is 1. The number of ether oxygens (including phenoxy) is 2. The number of carbonyl (C=O) groups excluding carboxylic acids is 2. The summed E-state index contributed by atoms with van der Waals surface area (Å²) in [5, 5.41) is 7.97. The highest BCUT2D eigenvalue weighted by Crippen LogP contribution is 2.25. The van der Waals surface area contributed by atoms with E-state index in [-0.39, 0.29) is 12.0 Å². The summed E-state index contributed by atoms with van der Waals surface area (Å²) in [5.74, 6) is 0.408. The monoisotopic (exact) mass is 415 g/mol. The van der Waals surface area contributed by atoms with Crippen LogP contribution in [0.3, 0.4) is 0 Å². The molecule has 10 heteroatoms. The lowest BCUT2D eigenvalue weighted by molar-refractivity contribution is 0.0941. The van der Waals surface area contributed by atoms with E-state index in [1.54, 1.807) is 33.5 Å². The highest BCUT2D eigenvalue weighted by atomic mass is 32.1. The van der Waals surface area contributed by atoms with Crippen molar-refractivity contribution in [2.45, 2.75) is 13.5 Å². The maximum absolute atomic E-state index is 12.7. The second kappa shape index (κ2) is 8.08. The fourth-order valence-electron chi connectivity index (χ4n) is 3.17. The molecule has 0 bridgehead atoms. The fourth-order valence-corrected chi connectivity index (χ4v) is 3.86. The van der Waals surface area contributed by atoms with Crippen molar-refractivity contribution in [3.63, 3.8) is 0 Å². The molecule has 1 aliphatic heterocycles. The molecule has 3 heterocycles. The predicted molar refractivity (Wildman–Crippen MR) is 107 cm³/mol. The van der Waals surface area contributed by atoms with Gasteiger partial charge in [-0.15, -0.1) is 11.3 Å². The lowest BCUT2D eigenvalue weighted by atomic mass is 10.2. The molecule has 0 unspecified atom stereocenters. The Kier molecular flexibility index (Phi) is 5.34. The van der Waals surface area contributed by atoms with Crippen LogP contribution in [0.4, 0.5) is 4.79 Å². The van der Waals surface area contributed by atoms with Crippen LogP contribution >= 0.6 is 11.3 Å². The third kappa shape index (κ3) is 4.02. The Morgan fingerprint density at radius 2 is 2.28 bits per heavy atom. The molecule has 4 rings (SSSR count). The predicted octanol–water partition coefficient (Wildman–Crippen LogP) is 2.10. The van der Waals surface area contributed by atoms with Crippen molar-refractivity contribution in [2.24, 2.45) is 7.05 Å². The van der Waals surface area contributed by atoms with Gasteiger partial charge in [-0.2, -0.15) is 5.10 Å². The number of aromatic nitrogens is 3. The van der Waals surface area contributed by atoms with E-state index in [1.165, 1.54) is 0 Å². The molecule has 29 heavy (non-hydrogen) atoms. The second-order valence-corrected chi connectivity index (χ2v) is 7.60. The van der Waals surface area contributed by atoms with Gasteiger partial charge in [0.15, 0.2) is 0 Å². The molecule has 0 spiro atoms. The van der Waals surface area contributed by atoms with Crippen molar-refractivity contribution in [3.05, 3.63) is 40.0 Å². The van der Waals surface area contributed by atoms with E-state index in [9.17, 15) is 9.59 Å². The normalized spacial score (nSPS) is 13.7. The highest BCUT2D eigenvalue weighted by Gasteiger charge is 2.22. The number of rotatable bonds is 7. The Morgan fingerprint density at radius 1 is 1.41 bits per heavy atom. The van der Waals surface area contributed by atoms with Crippen molar-refractivity contribution in [2.75, 3.05) is 26.2 Å². The van der Waals surface area contributed by atoms with Crippen molar-refractivity contribution >= 4 is 34.2 Å². The van der Waals surface area contributed by atoms with Crippen molar-refractivity contribution in [3.8, 4) is 5.75 Å². The minimum absolute atomic E-state index is 0.252. The molecule has 152 valence electrons. The lowest BCUT2D eigenvalue weighted by Crippen LogP contribution is -2.36. The van der Waals surface area contributed by atoms with Crippen LogP contribution in [-0.2, 0) is 18.4 Å². The van der Waals surface area contributed by atoms with Gasteiger partial charge < -0.3 is 19.7 Å². The SMILES string of the molecule is Cc1ncsc1COc1ccc2nn(C)c(C(=O)NCCN3CCOC3=O)c2c1. The summed E-state index contributed by atoms with van der Waals surface area (Å²) in [6, 6.07) is 5.50. The van der Waals surface area contributed by atoms with Gasteiger partial charge in [-0.25, -0.2) is 9.78 Å². The van der Waals surface area contributed by atoms with Gasteiger partial charge in [-0.05, 0) is 25.1 Å². The number of nitrogens with zero attached hydrogens (tertiary/aromatic N) is 4. The molecule has 3 aromatic rings. The third-order valence-electron chi connectivity index (χ3n) is 4.75. The summed E-state index contributed by atoms with van der Waals surface area (Å²) in [6.07, 6.45) is -0.344. The number of aryl methyl sites for hydroxylation is 2. The zero-order chi connectivity index (χ0) is 20.4. The molecule has 2 aromatic heterocycles. The Labute approximate surface area is 171 Å². The summed E-state index contributed by atoms with van der Waals surface area (Å²) in [7, 11) is 1.73. The Bertz CT molecular complexity index is 1060. The van der Waals surface area contributed by atoms with Crippen LogP contribution in [0.5, 0.6) is 5.75 Å². The number of carbonyl (C=O) groups is 2. The molecule has 9 nitrogen and oxygen atoms in total. The molecule has 0 atom stereocenters. The van der Waals surface area contributed by atoms with Gasteiger partial charge >= 0.3 is 6.09 Å². The van der Waals surface area contributed by atoms with Crippen LogP contribution in [0.1, 0.15) is 21.1 Å². The smallest absolute Gasteiger partial charge is 0.409 e. The number of hydrogen-bond donors (Lipinski definition) is 1. The number of hydrogen-bond acceptors (Lipinski definition) is 7. The molecule has 1 aliphatic rings. The molecule has 1 fully saturated rings. The molecule has 1 N–H and O–H groups in total. The molecule has 2 amide bonds. The van der Waals surface area contributed by atoms with E-state index in [1.807, 2.05) is 25.1 Å². The number of benzene rings is 1. The molecule has 0 aliphatic carbocycles. The Balaban J connectivity index is 1.46. The maximum Gasteiger partial charge on any atom is 0.409 e. The van der Waals surface area contributed by atoms with Crippen LogP contribution in [-0.4, -0.2) is 57.9 Å². The van der Waals surface area contributed by atoms with Gasteiger partial charge in [0.05, 0.1) is 28.1 Å². The van der Waals surface area contributed by atoms with Crippen LogP contribution in [0.2, 0.25) is 0 Å². The maximum atomic E-state index is 12.7. The van der Waals surface area contributed by atoms with Gasteiger partial charge in [0, 0.05) is 25.5 Å². The largest absolute Gasteiger partial charge is 0.488 e. The summed E-state index contributed by atoms with van der Waals surface area (Å²) in [5.41, 5.74) is 3.91. The first kappa shape index (κ1) is 19.2. The summed E-state index contributed by atoms with van der Waals surface area (Å²) in [4.78, 5) is 31.1. The first-order chi connectivity index (χ1) is 14.0. The van der Waals surface area contributed by atoms with E-state index in [0.29, 0.717) is 55.2 Å². The number of thiazole rings is 1. The zero-order valence-corrected chi connectivity index (χ0v) is 17.0. The molecular weight excluding hydrogens is 394 g/mol. The minimum atomic E-state index is -0.344. The van der Waals surface area contributed by atoms with Gasteiger partial charge in [0.1, 0.15) is 24.7 Å². The summed E-state index contributed by atoms with van der Waals surface area (Å²) >= 11 is 1.55. The first-order valence-corrected chi connectivity index (χ1v) is 10.1. The van der Waals surface area contributed by atoms with Crippen LogP contribution in [0.15, 0.2) is 23.7 Å². The highest BCUT2D eigenvalue weighted by molar-refractivity contribution is 7.09. The van der Waals surface area contributed by atoms with Gasteiger partial charge in [-0.3, -0.25) is 9.48 Å². The Hall–Kier alpha value is -3.14. The first-order valence-electron chi connectivity index (χ1n) is 9.21. The van der Waals surface area contributed by atoms with E-state index in [0.717, 1.165) is 10.6 Å². The lowest BCUT2D eigenvalue weighted by Gasteiger charge is -2.13. The van der Waals surface area contributed by atoms with Gasteiger partial charge in [-0.1, -0.05) is 0 Å². The van der Waals surface area contributed by atoms with Gasteiger partial charge in [0.25, 0.3) is 5.91 Å². The number of nitrogens with one attached hydrogen (secondary N) is 1. The Morgan fingerprint density at radius 3 is 3.00 bits per heavy atom. The molecule has 1 aromatic carbocycles. The van der Waals surface area contributed by atoms with Crippen molar-refractivity contribution in [1.82, 2.24) is 25.0 Å². The van der Waals surface area contributed by atoms with Crippen LogP contribution < -0.4 is 10.1 Å². The van der Waals surface area contributed by atoms with Crippen molar-refractivity contribution < 1.29 is 19.1 Å². The number of amides is 2. The molecule has 1 saturated heterocycles. The summed E-state index contributed by atoms with van der Waals surface area (Å²) in [6.45, 7) is 4.05. The van der Waals surface area contributed by atoms with E-state index < -0.39 is 0 Å². The van der Waals surface area contributed by atoms with Gasteiger partial charge in [0.2, 0.25) is 0 Å². The van der Waals surface area contributed by atoms with E-state index in [4.69, 9.17) is 9.47 Å². The average molecular weight is 415 g/mol. The van der Waals surface area contributed by atoms with Crippen molar-refractivity contribution in [1.29, 1.82) is 0 Å². The average Bonchev–Trinajstić information content (AvgIpc) is 3.38. The summed E-state index contributed by atoms with van der Waals surface area (Å²) < 4.78 is 12.3. The van der Waals surface area contributed by atoms with Crippen LogP contribution in [0, 0.1) is 6.92 Å². The second-order valence-electron chi connectivity index (χ2n) is 6.66. The zero-order valence-electron chi connectivity index (χ0n) is 16.2. The fraction of sp³-hybridized carbons (Fsp3) is 0.368. The quantitative estimate of drug-likeness (QED) is 0.635. The van der Waals surface area contributed by atoms with E-state index >= 15 is 0 Å². The molecule has 0 radical (unpaired) electrons. The minimum Gasteiger partial charge on any atom is -0.488 e. The standard InChI is InChI=1S/C19H21N5O4S/c1-12-16(29-11-21-12)10-28-13-3-4-15-14(9-13)17(23(2)22-15)18(25)20-5-6-24-7-8-27-19(24)26/h3-4,9,11H,5-8,10H2,1-2H3,(H,20,25). The molecule has 0 saturated carbocycles. The van der Waals surface area contributed by atoms with Crippen LogP contribution in [0.25, 0.3) is 10.9 Å². The third-order valence-corrected chi connectivity index (χ3v) is 5.66. The topological polar surface area (TPSA) is 98.6 Å². The van der Waals surface area contributed by atoms with E-state index in [2.05, 4.69) is 15.4 Å². The molecular formula is C19H21N5O4S. The number of fused-ring (bicyclic) bond motifs is 1.